The lowest BCUT2D eigenvalue weighted by molar-refractivity contribution is -0.137. The molecule has 0 bridgehead atoms. The molecule has 0 heterocycles. The van der Waals surface area contributed by atoms with Gasteiger partial charge in [0.2, 0.25) is 0 Å². The molecule has 1 aromatic carbocycles. The zero-order valence-electron chi connectivity index (χ0n) is 14.1. The predicted octanol–water partition coefficient (Wildman–Crippen LogP) is 4.66. The summed E-state index contributed by atoms with van der Waals surface area (Å²) in [7, 11) is 0. The molecule has 128 valence electrons. The van der Waals surface area contributed by atoms with E-state index < -0.39 is 0 Å². The van der Waals surface area contributed by atoms with Crippen molar-refractivity contribution in [3.8, 4) is 0 Å². The van der Waals surface area contributed by atoms with Gasteiger partial charge in [0.1, 0.15) is 11.9 Å². The Morgan fingerprint density at radius 1 is 1.25 bits per heavy atom. The number of benzene rings is 1. The van der Waals surface area contributed by atoms with Gasteiger partial charge in [-0.15, -0.1) is 6.58 Å². The number of ether oxygens (including phenoxy) is 1. The molecule has 3 nitrogen and oxygen atoms in total. The Labute approximate surface area is 151 Å². The molecular weight excluding hydrogens is 368 g/mol. The zero-order valence-corrected chi connectivity index (χ0v) is 15.7. The van der Waals surface area contributed by atoms with Crippen LogP contribution in [0.25, 0.3) is 0 Å². The fourth-order valence-electron chi connectivity index (χ4n) is 4.42. The Bertz CT molecular complexity index is 651. The number of carbonyl (C=O) groups is 2. The molecule has 0 aromatic heterocycles. The van der Waals surface area contributed by atoms with E-state index in [0.29, 0.717) is 17.4 Å². The molecule has 1 aromatic rings. The number of rotatable bonds is 3. The first kappa shape index (κ1) is 17.4. The van der Waals surface area contributed by atoms with E-state index in [1.165, 1.54) is 0 Å². The average Bonchev–Trinajstić information content (AvgIpc) is 2.97. The average molecular weight is 391 g/mol. The summed E-state index contributed by atoms with van der Waals surface area (Å²) in [6.45, 7) is 8.10. The molecule has 2 fully saturated rings. The first-order valence-corrected chi connectivity index (χ1v) is 9.36. The van der Waals surface area contributed by atoms with Gasteiger partial charge < -0.3 is 4.74 Å². The molecular formula is C20H23BrO3. The summed E-state index contributed by atoms with van der Waals surface area (Å²) in [5, 5.41) is 0. The van der Waals surface area contributed by atoms with E-state index in [-0.39, 0.29) is 35.6 Å². The molecule has 2 aliphatic carbocycles. The number of hydrogen-bond acceptors (Lipinski definition) is 3. The maximum atomic E-state index is 12.8. The quantitative estimate of drug-likeness (QED) is 0.556. The van der Waals surface area contributed by atoms with E-state index in [2.05, 4.69) is 29.4 Å². The fraction of sp³-hybridized carbons (Fsp3) is 0.500. The van der Waals surface area contributed by atoms with Crippen LogP contribution in [0.4, 0.5) is 0 Å². The second kappa shape index (κ2) is 6.83. The van der Waals surface area contributed by atoms with Gasteiger partial charge in [0, 0.05) is 10.4 Å². The Kier molecular flexibility index (Phi) is 4.95. The Hall–Kier alpha value is -1.42. The van der Waals surface area contributed by atoms with Crippen molar-refractivity contribution < 1.29 is 14.3 Å². The molecule has 0 saturated heterocycles. The van der Waals surface area contributed by atoms with Crippen LogP contribution >= 0.6 is 15.9 Å². The number of ketones is 1. The number of esters is 1. The molecule has 4 heteroatoms. The minimum Gasteiger partial charge on any atom is -0.458 e. The highest BCUT2D eigenvalue weighted by molar-refractivity contribution is 9.10. The van der Waals surface area contributed by atoms with Crippen molar-refractivity contribution >= 4 is 27.7 Å². The van der Waals surface area contributed by atoms with Gasteiger partial charge in [0.05, 0.1) is 11.5 Å². The molecule has 0 aliphatic heterocycles. The molecule has 0 N–H and O–H groups in total. The van der Waals surface area contributed by atoms with Crippen molar-refractivity contribution in [2.75, 3.05) is 0 Å². The van der Waals surface area contributed by atoms with Crippen LogP contribution < -0.4 is 0 Å². The number of allylic oxidation sites excluding steroid dienone is 1. The zero-order chi connectivity index (χ0) is 17.4. The number of carbonyl (C=O) groups excluding carboxylic acids is 2. The van der Waals surface area contributed by atoms with Crippen LogP contribution in [-0.2, 0) is 9.53 Å². The predicted molar refractivity (Wildman–Crippen MR) is 96.6 cm³/mol. The van der Waals surface area contributed by atoms with Gasteiger partial charge in [0.15, 0.2) is 0 Å². The van der Waals surface area contributed by atoms with Gasteiger partial charge >= 0.3 is 5.97 Å². The first-order valence-electron chi connectivity index (χ1n) is 8.57. The summed E-state index contributed by atoms with van der Waals surface area (Å²) in [6.07, 6.45) is 3.36. The van der Waals surface area contributed by atoms with Gasteiger partial charge in [-0.1, -0.05) is 35.9 Å². The molecule has 2 aliphatic rings. The van der Waals surface area contributed by atoms with E-state index in [0.717, 1.165) is 17.3 Å². The highest BCUT2D eigenvalue weighted by Crippen LogP contribution is 2.49. The molecule has 0 amide bonds. The van der Waals surface area contributed by atoms with Crippen LogP contribution in [0, 0.1) is 29.6 Å². The Morgan fingerprint density at radius 2 is 1.92 bits per heavy atom. The van der Waals surface area contributed by atoms with E-state index in [1.54, 1.807) is 12.1 Å². The second-order valence-corrected chi connectivity index (χ2v) is 8.00. The summed E-state index contributed by atoms with van der Waals surface area (Å²) in [5.74, 6) is 0.582. The molecule has 6 atom stereocenters. The molecule has 24 heavy (non-hydrogen) atoms. The van der Waals surface area contributed by atoms with Crippen LogP contribution in [0.3, 0.4) is 0 Å². The van der Waals surface area contributed by atoms with Crippen molar-refractivity contribution in [3.63, 3.8) is 0 Å². The summed E-state index contributed by atoms with van der Waals surface area (Å²) in [6, 6.07) is 7.10. The summed E-state index contributed by atoms with van der Waals surface area (Å²) in [5.41, 5.74) is 0.520. The van der Waals surface area contributed by atoms with E-state index in [9.17, 15) is 9.59 Å². The third kappa shape index (κ3) is 2.97. The lowest BCUT2D eigenvalue weighted by Crippen LogP contribution is -2.46. The van der Waals surface area contributed by atoms with Crippen LogP contribution in [-0.4, -0.2) is 17.9 Å². The molecule has 0 radical (unpaired) electrons. The monoisotopic (exact) mass is 390 g/mol. The van der Waals surface area contributed by atoms with Gasteiger partial charge in [0.25, 0.3) is 0 Å². The smallest absolute Gasteiger partial charge is 0.338 e. The standard InChI is InChI=1S/C20H23BrO3/c1-4-15-11(2)12(3)19(22)18-16(15)9-10-17(18)24-20(23)13-5-7-14(21)8-6-13/h4-8,11-12,15-18H,1,9-10H2,2-3H3/t11-,12-,15+,16+,17-,18-/m0/s1. The van der Waals surface area contributed by atoms with Crippen molar-refractivity contribution in [2.45, 2.75) is 32.8 Å². The number of Topliss-reactive ketones (excluding diaryl/α,β-unsaturated/α-hetero) is 1. The third-order valence-corrected chi connectivity index (χ3v) is 6.45. The molecule has 0 unspecified atom stereocenters. The maximum absolute atomic E-state index is 12.8. The molecule has 2 saturated carbocycles. The first-order chi connectivity index (χ1) is 11.4. The minimum atomic E-state index is -0.345. The van der Waals surface area contributed by atoms with Crippen LogP contribution in [0.2, 0.25) is 0 Å². The molecule has 3 rings (SSSR count). The largest absolute Gasteiger partial charge is 0.458 e. The lowest BCUT2D eigenvalue weighted by atomic mass is 9.63. The van der Waals surface area contributed by atoms with Crippen molar-refractivity contribution in [1.29, 1.82) is 0 Å². The van der Waals surface area contributed by atoms with Gasteiger partial charge in [-0.05, 0) is 54.9 Å². The van der Waals surface area contributed by atoms with Crippen molar-refractivity contribution in [1.82, 2.24) is 0 Å². The highest BCUT2D eigenvalue weighted by Gasteiger charge is 2.52. The fourth-order valence-corrected chi connectivity index (χ4v) is 4.68. The number of hydrogen-bond donors (Lipinski definition) is 0. The normalized spacial score (nSPS) is 35.4. The highest BCUT2D eigenvalue weighted by atomic mass is 79.9. The van der Waals surface area contributed by atoms with Crippen molar-refractivity contribution in [2.24, 2.45) is 29.6 Å². The summed E-state index contributed by atoms with van der Waals surface area (Å²) in [4.78, 5) is 25.2. The van der Waals surface area contributed by atoms with Gasteiger partial charge in [-0.25, -0.2) is 4.79 Å². The lowest BCUT2D eigenvalue weighted by Gasteiger charge is -2.41. The maximum Gasteiger partial charge on any atom is 0.338 e. The summed E-state index contributed by atoms with van der Waals surface area (Å²) >= 11 is 3.36. The minimum absolute atomic E-state index is 0.0127. The van der Waals surface area contributed by atoms with Gasteiger partial charge in [-0.3, -0.25) is 4.79 Å². The number of fused-ring (bicyclic) bond motifs is 1. The SMILES string of the molecule is C=C[C@@H]1[C@@H](C)[C@H](C)C(=O)[C@H]2[C@@H]1CC[C@@H]2OC(=O)c1ccc(Br)cc1. The second-order valence-electron chi connectivity index (χ2n) is 7.08. The number of halogens is 1. The molecule has 0 spiro atoms. The van der Waals surface area contributed by atoms with Crippen LogP contribution in [0.5, 0.6) is 0 Å². The van der Waals surface area contributed by atoms with Crippen molar-refractivity contribution in [3.05, 3.63) is 47.0 Å². The van der Waals surface area contributed by atoms with E-state index in [1.807, 2.05) is 25.1 Å². The van der Waals surface area contributed by atoms with Gasteiger partial charge in [-0.2, -0.15) is 0 Å². The van der Waals surface area contributed by atoms with E-state index in [4.69, 9.17) is 4.74 Å². The Balaban J connectivity index is 1.78. The summed E-state index contributed by atoms with van der Waals surface area (Å²) < 4.78 is 6.66. The van der Waals surface area contributed by atoms with Crippen LogP contribution in [0.1, 0.15) is 37.0 Å². The topological polar surface area (TPSA) is 43.4 Å². The third-order valence-electron chi connectivity index (χ3n) is 5.92. The van der Waals surface area contributed by atoms with E-state index >= 15 is 0 Å². The van der Waals surface area contributed by atoms with Crippen LogP contribution in [0.15, 0.2) is 41.4 Å². The Morgan fingerprint density at radius 3 is 2.54 bits per heavy atom.